The van der Waals surface area contributed by atoms with E-state index in [1.807, 2.05) is 39.0 Å². The number of ketones is 1. The lowest BCUT2D eigenvalue weighted by Gasteiger charge is -2.06. The van der Waals surface area contributed by atoms with Gasteiger partial charge in [0, 0.05) is 16.1 Å². The normalized spacial score (nSPS) is 9.96. The highest BCUT2D eigenvalue weighted by Crippen LogP contribution is 2.30. The van der Waals surface area contributed by atoms with Gasteiger partial charge in [-0.05, 0) is 54.4 Å². The van der Waals surface area contributed by atoms with Crippen LogP contribution in [-0.2, 0) is 0 Å². The number of hydrogen-bond donors (Lipinski definition) is 2. The standard InChI is InChI=1S/C18H15FN2OS.C2H6/c1-11-2-7-14(21-20)10-15(11)18(22)17-9-8-16(23-17)12-3-5-13(19)6-4-12;1-2/h2-10,21H,20H2,1H3;1-2H3. The Kier molecular flexibility index (Phi) is 6.44. The van der Waals surface area contributed by atoms with Crippen molar-refractivity contribution in [1.29, 1.82) is 0 Å². The highest BCUT2D eigenvalue weighted by Gasteiger charge is 2.15. The zero-order chi connectivity index (χ0) is 18.4. The minimum atomic E-state index is -0.275. The summed E-state index contributed by atoms with van der Waals surface area (Å²) in [4.78, 5) is 14.3. The molecule has 0 fully saturated rings. The van der Waals surface area contributed by atoms with Crippen LogP contribution in [0.2, 0.25) is 0 Å². The largest absolute Gasteiger partial charge is 0.324 e. The second-order valence-electron chi connectivity index (χ2n) is 5.17. The molecule has 0 aliphatic carbocycles. The summed E-state index contributed by atoms with van der Waals surface area (Å²) in [7, 11) is 0. The number of aryl methyl sites for hydroxylation is 1. The summed E-state index contributed by atoms with van der Waals surface area (Å²) in [5.41, 5.74) is 5.65. The molecule has 5 heteroatoms. The second-order valence-corrected chi connectivity index (χ2v) is 6.26. The number of carbonyl (C=O) groups excluding carboxylic acids is 1. The zero-order valence-corrected chi connectivity index (χ0v) is 15.3. The summed E-state index contributed by atoms with van der Waals surface area (Å²) < 4.78 is 13.0. The minimum absolute atomic E-state index is 0.0436. The number of rotatable bonds is 4. The molecule has 0 aliphatic rings. The van der Waals surface area contributed by atoms with Gasteiger partial charge >= 0.3 is 0 Å². The number of nitrogen functional groups attached to an aromatic ring is 1. The molecule has 3 nitrogen and oxygen atoms in total. The highest BCUT2D eigenvalue weighted by molar-refractivity contribution is 7.17. The molecule has 0 atom stereocenters. The maximum Gasteiger partial charge on any atom is 0.203 e. The number of nitrogens with one attached hydrogen (secondary N) is 1. The van der Waals surface area contributed by atoms with E-state index in [0.717, 1.165) is 16.0 Å². The van der Waals surface area contributed by atoms with Crippen molar-refractivity contribution < 1.29 is 9.18 Å². The molecule has 3 N–H and O–H groups in total. The molecule has 1 heterocycles. The van der Waals surface area contributed by atoms with Gasteiger partial charge in [-0.1, -0.05) is 32.0 Å². The van der Waals surface area contributed by atoms with Crippen molar-refractivity contribution in [3.05, 3.63) is 76.4 Å². The van der Waals surface area contributed by atoms with Crippen molar-refractivity contribution in [2.75, 3.05) is 5.43 Å². The lowest BCUT2D eigenvalue weighted by Crippen LogP contribution is -2.09. The van der Waals surface area contributed by atoms with Crippen molar-refractivity contribution in [1.82, 2.24) is 0 Å². The van der Waals surface area contributed by atoms with E-state index in [9.17, 15) is 9.18 Å². The van der Waals surface area contributed by atoms with Crippen LogP contribution in [0, 0.1) is 12.7 Å². The first-order valence-corrected chi connectivity index (χ1v) is 8.88. The summed E-state index contributed by atoms with van der Waals surface area (Å²) in [5, 5.41) is 0. The molecule has 0 bridgehead atoms. The average Bonchev–Trinajstić information content (AvgIpc) is 3.14. The van der Waals surface area contributed by atoms with E-state index < -0.39 is 0 Å². The number of hydrogen-bond acceptors (Lipinski definition) is 4. The monoisotopic (exact) mass is 356 g/mol. The summed E-state index contributed by atoms with van der Waals surface area (Å²) in [6, 6.07) is 15.4. The van der Waals surface area contributed by atoms with Crippen LogP contribution in [0.15, 0.2) is 54.6 Å². The molecular formula is C20H21FN2OS. The topological polar surface area (TPSA) is 55.1 Å². The Morgan fingerprint density at radius 1 is 1.04 bits per heavy atom. The molecule has 0 saturated carbocycles. The molecule has 3 rings (SSSR count). The number of benzene rings is 2. The fourth-order valence-corrected chi connectivity index (χ4v) is 3.28. The van der Waals surface area contributed by atoms with Crippen LogP contribution < -0.4 is 11.3 Å². The van der Waals surface area contributed by atoms with Gasteiger partial charge in [0.15, 0.2) is 0 Å². The van der Waals surface area contributed by atoms with Crippen molar-refractivity contribution in [3.63, 3.8) is 0 Å². The quantitative estimate of drug-likeness (QED) is 0.373. The molecule has 0 amide bonds. The molecule has 0 unspecified atom stereocenters. The number of thiophene rings is 1. The molecular weight excluding hydrogens is 335 g/mol. The predicted octanol–water partition coefficient (Wildman–Crippen LogP) is 5.41. The van der Waals surface area contributed by atoms with Crippen molar-refractivity contribution >= 4 is 22.8 Å². The number of anilines is 1. The Bertz CT molecular complexity index is 856. The summed E-state index contributed by atoms with van der Waals surface area (Å²) >= 11 is 1.39. The third kappa shape index (κ3) is 4.32. The number of carbonyl (C=O) groups is 1. The van der Waals surface area contributed by atoms with Gasteiger partial charge in [0.25, 0.3) is 0 Å². The molecule has 3 aromatic rings. The van der Waals surface area contributed by atoms with Gasteiger partial charge in [-0.3, -0.25) is 10.6 Å². The van der Waals surface area contributed by atoms with Gasteiger partial charge in [-0.25, -0.2) is 4.39 Å². The van der Waals surface area contributed by atoms with E-state index in [4.69, 9.17) is 5.84 Å². The maximum atomic E-state index is 13.0. The molecule has 0 radical (unpaired) electrons. The molecule has 130 valence electrons. The Balaban J connectivity index is 0.00000109. The van der Waals surface area contributed by atoms with E-state index in [2.05, 4.69) is 5.43 Å². The van der Waals surface area contributed by atoms with Crippen LogP contribution >= 0.6 is 11.3 Å². The fraction of sp³-hybridized carbons (Fsp3) is 0.150. The van der Waals surface area contributed by atoms with E-state index in [1.54, 1.807) is 24.3 Å². The Labute approximate surface area is 151 Å². The Morgan fingerprint density at radius 3 is 2.36 bits per heavy atom. The third-order valence-electron chi connectivity index (χ3n) is 3.61. The second kappa shape index (κ2) is 8.55. The van der Waals surface area contributed by atoms with Gasteiger partial charge in [0.1, 0.15) is 5.82 Å². The minimum Gasteiger partial charge on any atom is -0.324 e. The molecule has 0 spiro atoms. The Morgan fingerprint density at radius 2 is 1.72 bits per heavy atom. The van der Waals surface area contributed by atoms with Crippen LogP contribution in [0.4, 0.5) is 10.1 Å². The van der Waals surface area contributed by atoms with E-state index in [0.29, 0.717) is 16.1 Å². The van der Waals surface area contributed by atoms with Crippen LogP contribution in [-0.4, -0.2) is 5.78 Å². The summed E-state index contributed by atoms with van der Waals surface area (Å²) in [6.45, 7) is 5.89. The first-order chi connectivity index (χ1) is 12.1. The molecule has 0 saturated heterocycles. The average molecular weight is 356 g/mol. The third-order valence-corrected chi connectivity index (χ3v) is 4.74. The molecule has 0 aliphatic heterocycles. The fourth-order valence-electron chi connectivity index (χ4n) is 2.32. The highest BCUT2D eigenvalue weighted by atomic mass is 32.1. The van der Waals surface area contributed by atoms with Gasteiger partial charge in [0.2, 0.25) is 5.78 Å². The van der Waals surface area contributed by atoms with Crippen molar-refractivity contribution in [2.45, 2.75) is 20.8 Å². The maximum absolute atomic E-state index is 13.0. The first kappa shape index (κ1) is 18.8. The predicted molar refractivity (Wildman–Crippen MR) is 103 cm³/mol. The van der Waals surface area contributed by atoms with Crippen LogP contribution in [0.5, 0.6) is 0 Å². The van der Waals surface area contributed by atoms with Gasteiger partial charge in [0.05, 0.1) is 4.88 Å². The SMILES string of the molecule is CC.Cc1ccc(NN)cc1C(=O)c1ccc(-c2ccc(F)cc2)s1. The molecule has 2 aromatic carbocycles. The number of halogens is 1. The smallest absolute Gasteiger partial charge is 0.203 e. The van der Waals surface area contributed by atoms with Crippen molar-refractivity contribution in [3.8, 4) is 10.4 Å². The van der Waals surface area contributed by atoms with E-state index in [1.165, 1.54) is 23.5 Å². The van der Waals surface area contributed by atoms with Crippen LogP contribution in [0.1, 0.15) is 34.6 Å². The Hall–Kier alpha value is -2.50. The summed E-state index contributed by atoms with van der Waals surface area (Å²) in [6.07, 6.45) is 0. The van der Waals surface area contributed by atoms with E-state index in [-0.39, 0.29) is 11.6 Å². The number of nitrogens with two attached hydrogens (primary N) is 1. The van der Waals surface area contributed by atoms with Crippen molar-refractivity contribution in [2.24, 2.45) is 5.84 Å². The lowest BCUT2D eigenvalue weighted by atomic mass is 10.0. The number of hydrazine groups is 1. The van der Waals surface area contributed by atoms with Gasteiger partial charge in [-0.2, -0.15) is 0 Å². The first-order valence-electron chi connectivity index (χ1n) is 8.06. The molecule has 25 heavy (non-hydrogen) atoms. The lowest BCUT2D eigenvalue weighted by molar-refractivity contribution is 0.104. The summed E-state index contributed by atoms with van der Waals surface area (Å²) in [5.74, 6) is 5.09. The zero-order valence-electron chi connectivity index (χ0n) is 14.5. The van der Waals surface area contributed by atoms with E-state index >= 15 is 0 Å². The van der Waals surface area contributed by atoms with Gasteiger partial charge < -0.3 is 5.43 Å². The van der Waals surface area contributed by atoms with Crippen LogP contribution in [0.3, 0.4) is 0 Å². The van der Waals surface area contributed by atoms with Gasteiger partial charge in [-0.15, -0.1) is 11.3 Å². The van der Waals surface area contributed by atoms with Crippen LogP contribution in [0.25, 0.3) is 10.4 Å². The molecule has 1 aromatic heterocycles.